The second-order valence-electron chi connectivity index (χ2n) is 4.79. The summed E-state index contributed by atoms with van der Waals surface area (Å²) in [4.78, 5) is 15.9. The van der Waals surface area contributed by atoms with Crippen LogP contribution in [0.3, 0.4) is 0 Å². The Kier molecular flexibility index (Phi) is 5.11. The van der Waals surface area contributed by atoms with Gasteiger partial charge in [-0.1, -0.05) is 13.3 Å². The number of nitrogens with zero attached hydrogens (tertiary/aromatic N) is 1. The molecule has 1 aliphatic rings. The maximum atomic E-state index is 11.6. The maximum absolute atomic E-state index is 11.6. The first-order chi connectivity index (χ1) is 9.67. The van der Waals surface area contributed by atoms with Gasteiger partial charge in [0.1, 0.15) is 5.82 Å². The minimum Gasteiger partial charge on any atom is -0.465 e. The van der Waals surface area contributed by atoms with Crippen molar-refractivity contribution in [1.29, 1.82) is 0 Å². The van der Waals surface area contributed by atoms with E-state index in [1.54, 1.807) is 12.3 Å². The van der Waals surface area contributed by atoms with E-state index in [0.717, 1.165) is 12.2 Å². The lowest BCUT2D eigenvalue weighted by atomic mass is 10.2. The number of hydrogen-bond donors (Lipinski definition) is 2. The average Bonchev–Trinajstić information content (AvgIpc) is 2.88. The lowest BCUT2D eigenvalue weighted by molar-refractivity contribution is 0.0602. The summed E-state index contributed by atoms with van der Waals surface area (Å²) >= 11 is 1.96. The number of anilines is 2. The number of pyridine rings is 1. The third kappa shape index (κ3) is 3.17. The number of esters is 1. The predicted molar refractivity (Wildman–Crippen MR) is 83.2 cm³/mol. The Bertz CT molecular complexity index is 481. The molecule has 20 heavy (non-hydrogen) atoms. The highest BCUT2D eigenvalue weighted by molar-refractivity contribution is 7.99. The smallest absolute Gasteiger partial charge is 0.340 e. The third-order valence-electron chi connectivity index (χ3n) is 3.55. The highest BCUT2D eigenvalue weighted by Gasteiger charge is 2.28. The first kappa shape index (κ1) is 15.0. The summed E-state index contributed by atoms with van der Waals surface area (Å²) in [5.41, 5.74) is 6.76. The molecule has 2 unspecified atom stereocenters. The predicted octanol–water partition coefficient (Wildman–Crippen LogP) is 2.54. The number of nitrogens with two attached hydrogens (primary N) is 1. The lowest BCUT2D eigenvalue weighted by Gasteiger charge is -2.21. The number of thioether (sulfide) groups is 1. The molecule has 2 atom stereocenters. The van der Waals surface area contributed by atoms with E-state index in [4.69, 9.17) is 10.5 Å². The van der Waals surface area contributed by atoms with Crippen LogP contribution >= 0.6 is 11.8 Å². The van der Waals surface area contributed by atoms with Crippen molar-refractivity contribution in [2.75, 3.05) is 23.9 Å². The highest BCUT2D eigenvalue weighted by atomic mass is 32.2. The van der Waals surface area contributed by atoms with Crippen LogP contribution in [0.1, 0.15) is 36.5 Å². The van der Waals surface area contributed by atoms with Gasteiger partial charge in [-0.25, -0.2) is 9.78 Å². The number of methoxy groups -OCH3 is 1. The molecule has 0 aromatic carbocycles. The topological polar surface area (TPSA) is 77.2 Å². The van der Waals surface area contributed by atoms with Gasteiger partial charge in [-0.2, -0.15) is 11.8 Å². The summed E-state index contributed by atoms with van der Waals surface area (Å²) < 4.78 is 4.72. The van der Waals surface area contributed by atoms with E-state index < -0.39 is 5.97 Å². The molecule has 110 valence electrons. The zero-order chi connectivity index (χ0) is 14.5. The molecule has 1 aromatic rings. The van der Waals surface area contributed by atoms with Gasteiger partial charge in [0.2, 0.25) is 0 Å². The van der Waals surface area contributed by atoms with Gasteiger partial charge in [-0.3, -0.25) is 0 Å². The molecule has 0 amide bonds. The Hall–Kier alpha value is -1.43. The van der Waals surface area contributed by atoms with Crippen LogP contribution in [0.4, 0.5) is 11.5 Å². The van der Waals surface area contributed by atoms with Gasteiger partial charge in [0.05, 0.1) is 18.4 Å². The molecule has 5 nitrogen and oxygen atoms in total. The fraction of sp³-hybridized carbons (Fsp3) is 0.571. The molecule has 6 heteroatoms. The Morgan fingerprint density at radius 3 is 3.10 bits per heavy atom. The quantitative estimate of drug-likeness (QED) is 0.813. The molecule has 0 aliphatic heterocycles. The monoisotopic (exact) mass is 295 g/mol. The van der Waals surface area contributed by atoms with E-state index in [2.05, 4.69) is 17.2 Å². The first-order valence-corrected chi connectivity index (χ1v) is 7.93. The molecule has 0 bridgehead atoms. The lowest BCUT2D eigenvalue weighted by Crippen LogP contribution is -2.27. The standard InChI is InChI=1S/C14H21N3O2S/c1-3-20-11-6-4-5-10(11)17-13-12(15)9(7-8-16-13)14(18)19-2/h7-8,10-11H,3-6,15H2,1-2H3,(H,16,17). The summed E-state index contributed by atoms with van der Waals surface area (Å²) in [6.45, 7) is 2.17. The van der Waals surface area contributed by atoms with Gasteiger partial charge in [0.15, 0.2) is 0 Å². The summed E-state index contributed by atoms with van der Waals surface area (Å²) in [6, 6.07) is 1.95. The van der Waals surface area contributed by atoms with E-state index in [9.17, 15) is 4.79 Å². The van der Waals surface area contributed by atoms with Crippen LogP contribution in [-0.2, 0) is 4.74 Å². The number of carbonyl (C=O) groups is 1. The van der Waals surface area contributed by atoms with E-state index in [-0.39, 0.29) is 0 Å². The summed E-state index contributed by atoms with van der Waals surface area (Å²) in [5.74, 6) is 1.26. The fourth-order valence-electron chi connectivity index (χ4n) is 2.56. The molecule has 0 saturated heterocycles. The van der Waals surface area contributed by atoms with Gasteiger partial charge < -0.3 is 15.8 Å². The van der Waals surface area contributed by atoms with Gasteiger partial charge in [-0.05, 0) is 24.7 Å². The Morgan fingerprint density at radius 2 is 2.40 bits per heavy atom. The summed E-state index contributed by atoms with van der Waals surface area (Å²) in [6.07, 6.45) is 5.13. The second kappa shape index (κ2) is 6.83. The van der Waals surface area contributed by atoms with Crippen molar-refractivity contribution in [3.05, 3.63) is 17.8 Å². The Morgan fingerprint density at radius 1 is 1.60 bits per heavy atom. The minimum atomic E-state index is -0.432. The molecule has 0 spiro atoms. The second-order valence-corrected chi connectivity index (χ2v) is 6.30. The molecule has 3 N–H and O–H groups in total. The third-order valence-corrected chi connectivity index (χ3v) is 4.88. The van der Waals surface area contributed by atoms with Crippen molar-refractivity contribution >= 4 is 29.2 Å². The number of ether oxygens (including phenoxy) is 1. The molecule has 1 fully saturated rings. The van der Waals surface area contributed by atoms with Crippen molar-refractivity contribution in [2.24, 2.45) is 0 Å². The van der Waals surface area contributed by atoms with Crippen molar-refractivity contribution in [3.63, 3.8) is 0 Å². The Balaban J connectivity index is 2.15. The van der Waals surface area contributed by atoms with Crippen molar-refractivity contribution in [1.82, 2.24) is 4.98 Å². The summed E-state index contributed by atoms with van der Waals surface area (Å²) in [5, 5.41) is 3.98. The molecule has 1 heterocycles. The number of hydrogen-bond acceptors (Lipinski definition) is 6. The first-order valence-electron chi connectivity index (χ1n) is 6.88. The molecular formula is C14H21N3O2S. The van der Waals surface area contributed by atoms with Crippen LogP contribution in [-0.4, -0.2) is 35.1 Å². The van der Waals surface area contributed by atoms with E-state index in [0.29, 0.717) is 28.4 Å². The van der Waals surface area contributed by atoms with Crippen LogP contribution < -0.4 is 11.1 Å². The SMILES string of the molecule is CCSC1CCCC1Nc1nccc(C(=O)OC)c1N. The largest absolute Gasteiger partial charge is 0.465 e. The van der Waals surface area contributed by atoms with Crippen LogP contribution in [0, 0.1) is 0 Å². The van der Waals surface area contributed by atoms with E-state index in [1.807, 2.05) is 11.8 Å². The molecule has 2 rings (SSSR count). The molecular weight excluding hydrogens is 274 g/mol. The minimum absolute atomic E-state index is 0.364. The molecule has 1 saturated carbocycles. The molecule has 1 aromatic heterocycles. The van der Waals surface area contributed by atoms with Gasteiger partial charge in [-0.15, -0.1) is 0 Å². The zero-order valence-electron chi connectivity index (χ0n) is 11.9. The maximum Gasteiger partial charge on any atom is 0.340 e. The number of nitrogens with one attached hydrogen (secondary N) is 1. The molecule has 0 radical (unpaired) electrons. The Labute approximate surface area is 123 Å². The van der Waals surface area contributed by atoms with E-state index in [1.165, 1.54) is 20.0 Å². The van der Waals surface area contributed by atoms with Crippen molar-refractivity contribution in [2.45, 2.75) is 37.5 Å². The normalized spacial score (nSPS) is 21.7. The zero-order valence-corrected chi connectivity index (χ0v) is 12.7. The van der Waals surface area contributed by atoms with E-state index >= 15 is 0 Å². The van der Waals surface area contributed by atoms with Crippen LogP contribution in [0.2, 0.25) is 0 Å². The van der Waals surface area contributed by atoms with Crippen molar-refractivity contribution in [3.8, 4) is 0 Å². The fourth-order valence-corrected chi connectivity index (χ4v) is 3.75. The highest BCUT2D eigenvalue weighted by Crippen LogP contribution is 2.33. The average molecular weight is 295 g/mol. The van der Waals surface area contributed by atoms with Gasteiger partial charge in [0, 0.05) is 17.5 Å². The number of nitrogen functional groups attached to an aromatic ring is 1. The van der Waals surface area contributed by atoms with Crippen LogP contribution in [0.25, 0.3) is 0 Å². The number of aromatic nitrogens is 1. The van der Waals surface area contributed by atoms with Crippen LogP contribution in [0.15, 0.2) is 12.3 Å². The van der Waals surface area contributed by atoms with Crippen LogP contribution in [0.5, 0.6) is 0 Å². The summed E-state index contributed by atoms with van der Waals surface area (Å²) in [7, 11) is 1.35. The number of rotatable bonds is 5. The van der Waals surface area contributed by atoms with Gasteiger partial charge in [0.25, 0.3) is 0 Å². The molecule has 1 aliphatic carbocycles. The number of carbonyl (C=O) groups excluding carboxylic acids is 1. The van der Waals surface area contributed by atoms with Crippen molar-refractivity contribution < 1.29 is 9.53 Å². The van der Waals surface area contributed by atoms with Gasteiger partial charge >= 0.3 is 5.97 Å².